The van der Waals surface area contributed by atoms with Crippen LogP contribution in [0.3, 0.4) is 0 Å². The quantitative estimate of drug-likeness (QED) is 0.846. The lowest BCUT2D eigenvalue weighted by Crippen LogP contribution is -2.48. The maximum atomic E-state index is 12.5. The van der Waals surface area contributed by atoms with Gasteiger partial charge in [0, 0.05) is 23.9 Å². The maximum Gasteiger partial charge on any atom is 0.240 e. The number of carbonyl (C=O) groups excluding carboxylic acids is 1. The molecule has 102 valence electrons. The predicted octanol–water partition coefficient (Wildman–Crippen LogP) is 2.01. The van der Waals surface area contributed by atoms with Crippen LogP contribution in [0.1, 0.15) is 44.9 Å². The Kier molecular flexibility index (Phi) is 3.85. The zero-order valence-corrected chi connectivity index (χ0v) is 12.0. The van der Waals surface area contributed by atoms with Crippen LogP contribution in [0.4, 0.5) is 0 Å². The molecule has 3 unspecified atom stereocenters. The van der Waals surface area contributed by atoms with E-state index in [1.165, 1.54) is 38.5 Å². The summed E-state index contributed by atoms with van der Waals surface area (Å²) < 4.78 is 0. The Balaban J connectivity index is 1.62. The number of amides is 1. The lowest BCUT2D eigenvalue weighted by Gasteiger charge is -2.37. The summed E-state index contributed by atoms with van der Waals surface area (Å²) in [7, 11) is 0. The number of hydrogen-bond donors (Lipinski definition) is 1. The monoisotopic (exact) mass is 268 g/mol. The third kappa shape index (κ3) is 2.55. The molecule has 3 atom stereocenters. The second-order valence-corrected chi connectivity index (χ2v) is 7.02. The molecule has 1 aliphatic heterocycles. The molecule has 0 aromatic rings. The van der Waals surface area contributed by atoms with Crippen molar-refractivity contribution >= 4 is 17.7 Å². The van der Waals surface area contributed by atoms with Gasteiger partial charge in [0.2, 0.25) is 5.91 Å². The van der Waals surface area contributed by atoms with Gasteiger partial charge >= 0.3 is 0 Å². The first-order chi connectivity index (χ1) is 8.79. The van der Waals surface area contributed by atoms with Gasteiger partial charge in [-0.1, -0.05) is 12.8 Å². The van der Waals surface area contributed by atoms with Gasteiger partial charge in [-0.3, -0.25) is 4.79 Å². The smallest absolute Gasteiger partial charge is 0.240 e. The molecule has 1 heterocycles. The summed E-state index contributed by atoms with van der Waals surface area (Å²) in [6.45, 7) is 0.977. The highest BCUT2D eigenvalue weighted by atomic mass is 32.2. The Morgan fingerprint density at radius 1 is 1.17 bits per heavy atom. The molecule has 0 radical (unpaired) electrons. The van der Waals surface area contributed by atoms with Gasteiger partial charge in [-0.15, -0.1) is 0 Å². The summed E-state index contributed by atoms with van der Waals surface area (Å²) in [4.78, 5) is 14.7. The maximum absolute atomic E-state index is 12.5. The van der Waals surface area contributed by atoms with Crippen molar-refractivity contribution in [1.82, 2.24) is 10.2 Å². The number of likely N-dealkylation sites (tertiary alicyclic amines) is 1. The SMILES string of the molecule is CSC1CCCCC1N1CCC(NC2CC2)C1=O. The van der Waals surface area contributed by atoms with Crippen LogP contribution in [-0.2, 0) is 4.79 Å². The van der Waals surface area contributed by atoms with Crippen LogP contribution >= 0.6 is 11.8 Å². The van der Waals surface area contributed by atoms with E-state index < -0.39 is 0 Å². The highest BCUT2D eigenvalue weighted by molar-refractivity contribution is 7.99. The summed E-state index contributed by atoms with van der Waals surface area (Å²) in [5.74, 6) is 0.382. The van der Waals surface area contributed by atoms with Gasteiger partial charge in [0.25, 0.3) is 0 Å². The Morgan fingerprint density at radius 2 is 1.94 bits per heavy atom. The van der Waals surface area contributed by atoms with Crippen molar-refractivity contribution in [3.05, 3.63) is 0 Å². The highest BCUT2D eigenvalue weighted by Gasteiger charge is 2.41. The summed E-state index contributed by atoms with van der Waals surface area (Å²) in [5, 5.41) is 4.18. The van der Waals surface area contributed by atoms with Gasteiger partial charge in [-0.05, 0) is 38.4 Å². The second kappa shape index (κ2) is 5.41. The molecular weight excluding hydrogens is 244 g/mol. The zero-order chi connectivity index (χ0) is 12.5. The third-order valence-electron chi connectivity index (χ3n) is 4.62. The first-order valence-corrected chi connectivity index (χ1v) is 8.67. The molecule has 1 saturated heterocycles. The normalized spacial score (nSPS) is 37.3. The van der Waals surface area contributed by atoms with E-state index in [0.29, 0.717) is 23.2 Å². The van der Waals surface area contributed by atoms with Crippen LogP contribution in [0.2, 0.25) is 0 Å². The lowest BCUT2D eigenvalue weighted by atomic mass is 9.94. The van der Waals surface area contributed by atoms with Crippen molar-refractivity contribution < 1.29 is 4.79 Å². The molecule has 1 N–H and O–H groups in total. The van der Waals surface area contributed by atoms with Crippen LogP contribution in [0.5, 0.6) is 0 Å². The molecule has 4 heteroatoms. The van der Waals surface area contributed by atoms with Crippen molar-refractivity contribution in [1.29, 1.82) is 0 Å². The predicted molar refractivity (Wildman–Crippen MR) is 75.8 cm³/mol. The first-order valence-electron chi connectivity index (χ1n) is 7.39. The van der Waals surface area contributed by atoms with E-state index in [1.54, 1.807) is 0 Å². The van der Waals surface area contributed by atoms with Crippen molar-refractivity contribution in [2.45, 2.75) is 68.3 Å². The lowest BCUT2D eigenvalue weighted by molar-refractivity contribution is -0.131. The second-order valence-electron chi connectivity index (χ2n) is 5.94. The molecule has 0 aromatic carbocycles. The van der Waals surface area contributed by atoms with Crippen LogP contribution < -0.4 is 5.32 Å². The highest BCUT2D eigenvalue weighted by Crippen LogP contribution is 2.33. The van der Waals surface area contributed by atoms with Crippen molar-refractivity contribution in [3.63, 3.8) is 0 Å². The van der Waals surface area contributed by atoms with E-state index in [-0.39, 0.29) is 6.04 Å². The number of nitrogens with zero attached hydrogens (tertiary/aromatic N) is 1. The molecule has 18 heavy (non-hydrogen) atoms. The number of rotatable bonds is 4. The minimum absolute atomic E-state index is 0.127. The van der Waals surface area contributed by atoms with E-state index in [2.05, 4.69) is 16.5 Å². The van der Waals surface area contributed by atoms with E-state index in [4.69, 9.17) is 0 Å². The van der Waals surface area contributed by atoms with Gasteiger partial charge in [-0.25, -0.2) is 0 Å². The molecule has 3 nitrogen and oxygen atoms in total. The molecule has 3 aliphatic rings. The first kappa shape index (κ1) is 12.8. The Bertz CT molecular complexity index is 319. The fourth-order valence-corrected chi connectivity index (χ4v) is 4.43. The number of hydrogen-bond acceptors (Lipinski definition) is 3. The fraction of sp³-hybridized carbons (Fsp3) is 0.929. The molecule has 3 rings (SSSR count). The van der Waals surface area contributed by atoms with Gasteiger partial charge < -0.3 is 10.2 Å². The van der Waals surface area contributed by atoms with Crippen LogP contribution in [-0.4, -0.2) is 47.0 Å². The van der Waals surface area contributed by atoms with E-state index >= 15 is 0 Å². The molecule has 0 aromatic heterocycles. The van der Waals surface area contributed by atoms with Gasteiger partial charge in [-0.2, -0.15) is 11.8 Å². The number of thioether (sulfide) groups is 1. The Hall–Kier alpha value is -0.220. The standard InChI is InChI=1S/C14H24N2OS/c1-18-13-5-3-2-4-12(13)16-9-8-11(14(16)17)15-10-6-7-10/h10-13,15H,2-9H2,1H3. The van der Waals surface area contributed by atoms with Gasteiger partial charge in [0.1, 0.15) is 0 Å². The average molecular weight is 268 g/mol. The average Bonchev–Trinajstić information content (AvgIpc) is 3.15. The zero-order valence-electron chi connectivity index (χ0n) is 11.2. The summed E-state index contributed by atoms with van der Waals surface area (Å²) in [6, 6.07) is 1.27. The molecule has 1 amide bonds. The summed E-state index contributed by atoms with van der Waals surface area (Å²) in [5.41, 5.74) is 0. The van der Waals surface area contributed by atoms with Crippen molar-refractivity contribution in [3.8, 4) is 0 Å². The fourth-order valence-electron chi connectivity index (χ4n) is 3.43. The third-order valence-corrected chi connectivity index (χ3v) is 5.78. The molecule has 2 aliphatic carbocycles. The molecule has 0 bridgehead atoms. The van der Waals surface area contributed by atoms with E-state index in [1.807, 2.05) is 11.8 Å². The molecule has 3 fully saturated rings. The van der Waals surface area contributed by atoms with Gasteiger partial charge in [0.05, 0.1) is 6.04 Å². The van der Waals surface area contributed by atoms with Crippen LogP contribution in [0.15, 0.2) is 0 Å². The van der Waals surface area contributed by atoms with E-state index in [9.17, 15) is 4.79 Å². The van der Waals surface area contributed by atoms with Crippen LogP contribution in [0, 0.1) is 0 Å². The molecular formula is C14H24N2OS. The Labute approximate surface area is 114 Å². The Morgan fingerprint density at radius 3 is 2.67 bits per heavy atom. The summed E-state index contributed by atoms with van der Waals surface area (Å²) >= 11 is 1.96. The van der Waals surface area contributed by atoms with E-state index in [0.717, 1.165) is 13.0 Å². The molecule has 0 spiro atoms. The number of nitrogens with one attached hydrogen (secondary N) is 1. The summed E-state index contributed by atoms with van der Waals surface area (Å²) in [6.07, 6.45) is 10.9. The molecule has 2 saturated carbocycles. The van der Waals surface area contributed by atoms with Crippen molar-refractivity contribution in [2.75, 3.05) is 12.8 Å². The minimum atomic E-state index is 0.127. The van der Waals surface area contributed by atoms with Gasteiger partial charge in [0.15, 0.2) is 0 Å². The topological polar surface area (TPSA) is 32.3 Å². The largest absolute Gasteiger partial charge is 0.337 e. The van der Waals surface area contributed by atoms with Crippen molar-refractivity contribution in [2.24, 2.45) is 0 Å². The van der Waals surface area contributed by atoms with Crippen LogP contribution in [0.25, 0.3) is 0 Å². The number of carbonyl (C=O) groups is 1. The minimum Gasteiger partial charge on any atom is -0.337 e.